The second-order valence-electron chi connectivity index (χ2n) is 6.90. The first-order valence-electron chi connectivity index (χ1n) is 8.79. The van der Waals surface area contributed by atoms with Crippen molar-refractivity contribution in [3.8, 4) is 11.3 Å². The molecule has 1 amide bonds. The molecule has 0 radical (unpaired) electrons. The molecule has 26 heavy (non-hydrogen) atoms. The van der Waals surface area contributed by atoms with Crippen LogP contribution in [0.25, 0.3) is 16.9 Å². The Kier molecular flexibility index (Phi) is 4.12. The second kappa shape index (κ2) is 6.46. The van der Waals surface area contributed by atoms with Crippen LogP contribution in [0.2, 0.25) is 0 Å². The lowest BCUT2D eigenvalue weighted by atomic mass is 10.0. The molecule has 1 aromatic carbocycles. The number of carbonyl (C=O) groups excluding carboxylic acids is 1. The molecular formula is C20H23N5O. The summed E-state index contributed by atoms with van der Waals surface area (Å²) in [6.45, 7) is 2.24. The van der Waals surface area contributed by atoms with E-state index in [1.165, 1.54) is 0 Å². The molecule has 6 heteroatoms. The number of pyridine rings is 1. The zero-order chi connectivity index (χ0) is 18.3. The number of fused-ring (bicyclic) bond motifs is 2. The fourth-order valence-electron chi connectivity index (χ4n) is 3.46. The van der Waals surface area contributed by atoms with Gasteiger partial charge in [0.1, 0.15) is 5.65 Å². The second-order valence-corrected chi connectivity index (χ2v) is 6.90. The highest BCUT2D eigenvalue weighted by Gasteiger charge is 2.29. The van der Waals surface area contributed by atoms with Gasteiger partial charge in [-0.25, -0.2) is 4.98 Å². The molecule has 0 aliphatic carbocycles. The molecule has 3 aromatic rings. The third kappa shape index (κ3) is 2.72. The molecule has 0 fully saturated rings. The quantitative estimate of drug-likeness (QED) is 0.769. The van der Waals surface area contributed by atoms with Crippen LogP contribution < -0.4 is 5.32 Å². The Morgan fingerprint density at radius 1 is 1.19 bits per heavy atom. The van der Waals surface area contributed by atoms with E-state index in [9.17, 15) is 4.79 Å². The summed E-state index contributed by atoms with van der Waals surface area (Å²) in [4.78, 5) is 21.3. The lowest BCUT2D eigenvalue weighted by molar-refractivity contribution is 0.0768. The SMILES string of the molecule is CNc1ccc2ncc(-c3cccc4c3CN(CCN(C)C)C4=O)n2c1. The summed E-state index contributed by atoms with van der Waals surface area (Å²) in [5.41, 5.74) is 5.90. The average molecular weight is 349 g/mol. The lowest BCUT2D eigenvalue weighted by Crippen LogP contribution is -2.31. The van der Waals surface area contributed by atoms with E-state index in [0.29, 0.717) is 6.54 Å². The zero-order valence-electron chi connectivity index (χ0n) is 15.4. The van der Waals surface area contributed by atoms with Crippen LogP contribution in [-0.2, 0) is 6.54 Å². The Morgan fingerprint density at radius 3 is 2.77 bits per heavy atom. The van der Waals surface area contributed by atoms with Crippen LogP contribution in [0.5, 0.6) is 0 Å². The first kappa shape index (κ1) is 16.6. The van der Waals surface area contributed by atoms with Gasteiger partial charge in [0.05, 0.1) is 17.6 Å². The maximum Gasteiger partial charge on any atom is 0.254 e. The van der Waals surface area contributed by atoms with Crippen LogP contribution in [0, 0.1) is 0 Å². The first-order valence-corrected chi connectivity index (χ1v) is 8.79. The van der Waals surface area contributed by atoms with E-state index in [1.54, 1.807) is 0 Å². The van der Waals surface area contributed by atoms with Crippen molar-refractivity contribution in [2.75, 3.05) is 39.5 Å². The average Bonchev–Trinajstić information content (AvgIpc) is 3.20. The first-order chi connectivity index (χ1) is 12.6. The molecule has 3 heterocycles. The summed E-state index contributed by atoms with van der Waals surface area (Å²) >= 11 is 0. The number of amides is 1. The molecule has 4 rings (SSSR count). The van der Waals surface area contributed by atoms with Crippen molar-refractivity contribution in [3.63, 3.8) is 0 Å². The normalized spacial score (nSPS) is 13.7. The van der Waals surface area contributed by atoms with Gasteiger partial charge in [-0.05, 0) is 37.9 Å². The number of likely N-dealkylation sites (N-methyl/N-ethyl adjacent to an activating group) is 1. The summed E-state index contributed by atoms with van der Waals surface area (Å²) in [6.07, 6.45) is 3.93. The van der Waals surface area contributed by atoms with Crippen molar-refractivity contribution < 1.29 is 4.79 Å². The van der Waals surface area contributed by atoms with E-state index in [4.69, 9.17) is 0 Å². The Labute approximate surface area is 153 Å². The third-order valence-electron chi connectivity index (χ3n) is 4.93. The number of nitrogens with zero attached hydrogens (tertiary/aromatic N) is 4. The Hall–Kier alpha value is -2.86. The number of imidazole rings is 1. The predicted octanol–water partition coefficient (Wildman–Crippen LogP) is 2.56. The lowest BCUT2D eigenvalue weighted by Gasteiger charge is -2.18. The van der Waals surface area contributed by atoms with Crippen LogP contribution in [0.4, 0.5) is 5.69 Å². The van der Waals surface area contributed by atoms with Crippen LogP contribution in [-0.4, -0.2) is 59.3 Å². The Morgan fingerprint density at radius 2 is 2.00 bits per heavy atom. The number of hydrogen-bond donors (Lipinski definition) is 1. The van der Waals surface area contributed by atoms with E-state index in [0.717, 1.165) is 46.8 Å². The van der Waals surface area contributed by atoms with E-state index >= 15 is 0 Å². The van der Waals surface area contributed by atoms with Gasteiger partial charge in [0, 0.05) is 44.0 Å². The highest BCUT2D eigenvalue weighted by molar-refractivity contribution is 6.00. The van der Waals surface area contributed by atoms with E-state index in [1.807, 2.05) is 62.7 Å². The molecule has 0 saturated carbocycles. The number of carbonyl (C=O) groups is 1. The minimum atomic E-state index is 0.119. The number of rotatable bonds is 5. The minimum absolute atomic E-state index is 0.119. The molecule has 0 unspecified atom stereocenters. The van der Waals surface area contributed by atoms with Gasteiger partial charge < -0.3 is 15.1 Å². The number of aromatic nitrogens is 2. The number of benzene rings is 1. The number of anilines is 1. The van der Waals surface area contributed by atoms with Gasteiger partial charge in [-0.1, -0.05) is 12.1 Å². The summed E-state index contributed by atoms with van der Waals surface area (Å²) in [6, 6.07) is 9.97. The zero-order valence-corrected chi connectivity index (χ0v) is 15.4. The molecule has 134 valence electrons. The van der Waals surface area contributed by atoms with Crippen LogP contribution in [0.3, 0.4) is 0 Å². The van der Waals surface area contributed by atoms with E-state index in [-0.39, 0.29) is 5.91 Å². The molecule has 0 saturated heterocycles. The van der Waals surface area contributed by atoms with Crippen molar-refractivity contribution >= 4 is 17.2 Å². The molecular weight excluding hydrogens is 326 g/mol. The highest BCUT2D eigenvalue weighted by atomic mass is 16.2. The molecule has 2 aromatic heterocycles. The summed E-state index contributed by atoms with van der Waals surface area (Å²) in [5, 5.41) is 3.17. The van der Waals surface area contributed by atoms with Gasteiger partial charge in [-0.2, -0.15) is 0 Å². The van der Waals surface area contributed by atoms with E-state index in [2.05, 4.69) is 25.7 Å². The van der Waals surface area contributed by atoms with Gasteiger partial charge >= 0.3 is 0 Å². The van der Waals surface area contributed by atoms with Crippen molar-refractivity contribution in [2.24, 2.45) is 0 Å². The van der Waals surface area contributed by atoms with Gasteiger partial charge in [0.15, 0.2) is 0 Å². The van der Waals surface area contributed by atoms with Gasteiger partial charge in [0.2, 0.25) is 0 Å². The number of nitrogens with one attached hydrogen (secondary N) is 1. The molecule has 1 aliphatic heterocycles. The molecule has 0 spiro atoms. The predicted molar refractivity (Wildman–Crippen MR) is 103 cm³/mol. The van der Waals surface area contributed by atoms with E-state index < -0.39 is 0 Å². The molecule has 1 aliphatic rings. The van der Waals surface area contributed by atoms with Crippen molar-refractivity contribution in [1.82, 2.24) is 19.2 Å². The molecule has 0 atom stereocenters. The van der Waals surface area contributed by atoms with Crippen LogP contribution >= 0.6 is 0 Å². The van der Waals surface area contributed by atoms with Gasteiger partial charge in [-0.15, -0.1) is 0 Å². The van der Waals surface area contributed by atoms with Crippen LogP contribution in [0.1, 0.15) is 15.9 Å². The highest BCUT2D eigenvalue weighted by Crippen LogP contribution is 2.33. The monoisotopic (exact) mass is 349 g/mol. The topological polar surface area (TPSA) is 52.9 Å². The Bertz CT molecular complexity index is 975. The summed E-state index contributed by atoms with van der Waals surface area (Å²) in [5.74, 6) is 0.119. The Balaban J connectivity index is 1.76. The summed E-state index contributed by atoms with van der Waals surface area (Å²) in [7, 11) is 5.95. The molecule has 6 nitrogen and oxygen atoms in total. The number of hydrogen-bond acceptors (Lipinski definition) is 4. The fourth-order valence-corrected chi connectivity index (χ4v) is 3.46. The maximum atomic E-state index is 12.8. The van der Waals surface area contributed by atoms with Crippen molar-refractivity contribution in [1.29, 1.82) is 0 Å². The van der Waals surface area contributed by atoms with Gasteiger partial charge in [0.25, 0.3) is 5.91 Å². The van der Waals surface area contributed by atoms with Crippen molar-refractivity contribution in [2.45, 2.75) is 6.54 Å². The largest absolute Gasteiger partial charge is 0.387 e. The molecule has 0 bridgehead atoms. The van der Waals surface area contributed by atoms with Crippen LogP contribution in [0.15, 0.2) is 42.7 Å². The minimum Gasteiger partial charge on any atom is -0.387 e. The summed E-state index contributed by atoms with van der Waals surface area (Å²) < 4.78 is 2.08. The fraction of sp³-hybridized carbons (Fsp3) is 0.300. The van der Waals surface area contributed by atoms with Crippen molar-refractivity contribution in [3.05, 3.63) is 53.9 Å². The third-order valence-corrected chi connectivity index (χ3v) is 4.93. The molecule has 1 N–H and O–H groups in total. The maximum absolute atomic E-state index is 12.8. The standard InChI is InChI=1S/C20H23N5O/c1-21-14-7-8-19-22-11-18(25(19)12-14)15-5-4-6-16-17(15)13-24(20(16)26)10-9-23(2)3/h4-8,11-12,21H,9-10,13H2,1-3H3. The smallest absolute Gasteiger partial charge is 0.254 e. The van der Waals surface area contributed by atoms with Gasteiger partial charge in [-0.3, -0.25) is 9.20 Å².